The molecule has 0 amide bonds. The van der Waals surface area contributed by atoms with Crippen LogP contribution in [-0.2, 0) is 0 Å². The standard InChI is InChI=1S/C7H6ClFN2/c1-4(10)6-2-5(9)3-11-7(6)8/h2-3H,1,10H2. The fourth-order valence-electron chi connectivity index (χ4n) is 0.648. The summed E-state index contributed by atoms with van der Waals surface area (Å²) in [5, 5.41) is 0.166. The molecule has 0 spiro atoms. The number of rotatable bonds is 1. The van der Waals surface area contributed by atoms with Crippen molar-refractivity contribution in [2.75, 3.05) is 0 Å². The summed E-state index contributed by atoms with van der Waals surface area (Å²) in [6.07, 6.45) is 1.02. The van der Waals surface area contributed by atoms with E-state index in [0.29, 0.717) is 5.56 Å². The van der Waals surface area contributed by atoms with E-state index >= 15 is 0 Å². The van der Waals surface area contributed by atoms with Crippen LogP contribution in [0.1, 0.15) is 5.56 Å². The summed E-state index contributed by atoms with van der Waals surface area (Å²) in [5.41, 5.74) is 5.85. The minimum atomic E-state index is -0.476. The lowest BCUT2D eigenvalue weighted by Crippen LogP contribution is -1.97. The molecule has 0 aromatic carbocycles. The molecule has 0 saturated heterocycles. The number of aromatic nitrogens is 1. The predicted octanol–water partition coefficient (Wildman–Crippen LogP) is 1.80. The molecule has 1 rings (SSSR count). The van der Waals surface area contributed by atoms with Gasteiger partial charge in [-0.2, -0.15) is 0 Å². The van der Waals surface area contributed by atoms with Gasteiger partial charge in [-0.25, -0.2) is 9.37 Å². The molecule has 11 heavy (non-hydrogen) atoms. The van der Waals surface area contributed by atoms with E-state index in [1.54, 1.807) is 0 Å². The molecular formula is C7H6ClFN2. The van der Waals surface area contributed by atoms with Crippen LogP contribution in [0, 0.1) is 5.82 Å². The molecule has 0 atom stereocenters. The molecule has 0 aliphatic heterocycles. The highest BCUT2D eigenvalue weighted by atomic mass is 35.5. The van der Waals surface area contributed by atoms with E-state index in [2.05, 4.69) is 11.6 Å². The highest BCUT2D eigenvalue weighted by molar-refractivity contribution is 6.31. The summed E-state index contributed by atoms with van der Waals surface area (Å²) >= 11 is 5.57. The third-order valence-electron chi connectivity index (χ3n) is 1.15. The lowest BCUT2D eigenvalue weighted by molar-refractivity contribution is 0.621. The Labute approximate surface area is 68.5 Å². The first-order valence-corrected chi connectivity index (χ1v) is 3.25. The van der Waals surface area contributed by atoms with E-state index in [1.807, 2.05) is 0 Å². The van der Waals surface area contributed by atoms with Crippen LogP contribution in [0.4, 0.5) is 4.39 Å². The van der Waals surface area contributed by atoms with Gasteiger partial charge in [0, 0.05) is 11.3 Å². The second kappa shape index (κ2) is 2.88. The van der Waals surface area contributed by atoms with Gasteiger partial charge in [0.15, 0.2) is 0 Å². The van der Waals surface area contributed by atoms with Gasteiger partial charge in [-0.1, -0.05) is 18.2 Å². The third kappa shape index (κ3) is 1.68. The van der Waals surface area contributed by atoms with Gasteiger partial charge in [0.1, 0.15) is 11.0 Å². The first-order chi connectivity index (χ1) is 5.11. The van der Waals surface area contributed by atoms with Crippen LogP contribution in [0.2, 0.25) is 5.15 Å². The molecule has 0 fully saturated rings. The van der Waals surface area contributed by atoms with Gasteiger partial charge in [0.2, 0.25) is 0 Å². The molecule has 0 aliphatic rings. The van der Waals surface area contributed by atoms with E-state index in [4.69, 9.17) is 17.3 Å². The molecule has 1 aromatic heterocycles. The minimum absolute atomic E-state index is 0.166. The Morgan fingerprint density at radius 2 is 2.36 bits per heavy atom. The van der Waals surface area contributed by atoms with Crippen molar-refractivity contribution >= 4 is 17.3 Å². The maximum Gasteiger partial charge on any atom is 0.142 e. The van der Waals surface area contributed by atoms with E-state index in [9.17, 15) is 4.39 Å². The Bertz CT molecular complexity index is 298. The summed E-state index contributed by atoms with van der Waals surface area (Å²) in [7, 11) is 0. The van der Waals surface area contributed by atoms with Crippen molar-refractivity contribution in [2.45, 2.75) is 0 Å². The lowest BCUT2D eigenvalue weighted by Gasteiger charge is -2.00. The highest BCUT2D eigenvalue weighted by Gasteiger charge is 2.03. The molecule has 2 nitrogen and oxygen atoms in total. The van der Waals surface area contributed by atoms with Gasteiger partial charge in [-0.15, -0.1) is 0 Å². The first kappa shape index (κ1) is 8.01. The van der Waals surface area contributed by atoms with Crippen molar-refractivity contribution in [1.29, 1.82) is 0 Å². The molecule has 1 heterocycles. The molecule has 58 valence electrons. The molecule has 0 radical (unpaired) electrons. The molecule has 1 aromatic rings. The second-order valence-electron chi connectivity index (χ2n) is 2.02. The molecule has 0 aliphatic carbocycles. The Morgan fingerprint density at radius 3 is 2.82 bits per heavy atom. The monoisotopic (exact) mass is 172 g/mol. The van der Waals surface area contributed by atoms with Crippen molar-refractivity contribution < 1.29 is 4.39 Å². The average molecular weight is 173 g/mol. The van der Waals surface area contributed by atoms with Gasteiger partial charge in [-0.3, -0.25) is 0 Å². The summed E-state index contributed by atoms with van der Waals surface area (Å²) in [4.78, 5) is 3.55. The Morgan fingerprint density at radius 1 is 1.73 bits per heavy atom. The summed E-state index contributed by atoms with van der Waals surface area (Å²) in [6, 6.07) is 1.19. The average Bonchev–Trinajstić information content (AvgIpc) is 1.94. The third-order valence-corrected chi connectivity index (χ3v) is 1.45. The largest absolute Gasteiger partial charge is 0.399 e. The zero-order valence-electron chi connectivity index (χ0n) is 5.64. The number of halogens is 2. The number of hydrogen-bond acceptors (Lipinski definition) is 2. The van der Waals surface area contributed by atoms with Gasteiger partial charge < -0.3 is 5.73 Å². The SMILES string of the molecule is C=C(N)c1cc(F)cnc1Cl. The fourth-order valence-corrected chi connectivity index (χ4v) is 0.872. The minimum Gasteiger partial charge on any atom is -0.399 e. The molecule has 0 unspecified atom stereocenters. The fraction of sp³-hybridized carbons (Fsp3) is 0. The number of hydrogen-bond donors (Lipinski definition) is 1. The van der Waals surface area contributed by atoms with Crippen molar-refractivity contribution in [1.82, 2.24) is 4.98 Å². The zero-order valence-corrected chi connectivity index (χ0v) is 6.40. The number of nitrogens with zero attached hydrogens (tertiary/aromatic N) is 1. The molecular weight excluding hydrogens is 167 g/mol. The lowest BCUT2D eigenvalue weighted by atomic mass is 10.2. The van der Waals surface area contributed by atoms with Crippen LogP contribution in [0.25, 0.3) is 5.70 Å². The van der Waals surface area contributed by atoms with Gasteiger partial charge >= 0.3 is 0 Å². The quantitative estimate of drug-likeness (QED) is 0.657. The Hall–Kier alpha value is -1.09. The van der Waals surface area contributed by atoms with Crippen LogP contribution >= 0.6 is 11.6 Å². The van der Waals surface area contributed by atoms with Crippen LogP contribution in [0.3, 0.4) is 0 Å². The van der Waals surface area contributed by atoms with E-state index in [-0.39, 0.29) is 10.9 Å². The Balaban J connectivity index is 3.23. The predicted molar refractivity (Wildman–Crippen MR) is 42.4 cm³/mol. The van der Waals surface area contributed by atoms with Crippen LogP contribution in [0.5, 0.6) is 0 Å². The highest BCUT2D eigenvalue weighted by Crippen LogP contribution is 2.17. The molecule has 0 saturated carbocycles. The normalized spacial score (nSPS) is 9.64. The van der Waals surface area contributed by atoms with Crippen LogP contribution < -0.4 is 5.73 Å². The van der Waals surface area contributed by atoms with Gasteiger partial charge in [0.05, 0.1) is 6.20 Å². The van der Waals surface area contributed by atoms with Gasteiger partial charge in [0.25, 0.3) is 0 Å². The zero-order chi connectivity index (χ0) is 8.43. The number of nitrogens with two attached hydrogens (primary N) is 1. The second-order valence-corrected chi connectivity index (χ2v) is 2.38. The first-order valence-electron chi connectivity index (χ1n) is 2.87. The van der Waals surface area contributed by atoms with E-state index in [1.165, 1.54) is 6.07 Å². The maximum absolute atomic E-state index is 12.5. The van der Waals surface area contributed by atoms with Crippen LogP contribution in [0.15, 0.2) is 18.8 Å². The van der Waals surface area contributed by atoms with Crippen molar-refractivity contribution in [3.63, 3.8) is 0 Å². The van der Waals surface area contributed by atoms with E-state index in [0.717, 1.165) is 6.20 Å². The summed E-state index contributed by atoms with van der Waals surface area (Å²) in [6.45, 7) is 3.41. The summed E-state index contributed by atoms with van der Waals surface area (Å²) < 4.78 is 12.5. The summed E-state index contributed by atoms with van der Waals surface area (Å²) in [5.74, 6) is -0.476. The van der Waals surface area contributed by atoms with E-state index < -0.39 is 5.82 Å². The topological polar surface area (TPSA) is 38.9 Å². The molecule has 4 heteroatoms. The molecule has 0 bridgehead atoms. The number of pyridine rings is 1. The van der Waals surface area contributed by atoms with Crippen molar-refractivity contribution in [3.05, 3.63) is 35.4 Å². The van der Waals surface area contributed by atoms with Gasteiger partial charge in [-0.05, 0) is 6.07 Å². The van der Waals surface area contributed by atoms with Crippen LogP contribution in [-0.4, -0.2) is 4.98 Å². The van der Waals surface area contributed by atoms with Crippen molar-refractivity contribution in [2.24, 2.45) is 5.73 Å². The van der Waals surface area contributed by atoms with Crippen molar-refractivity contribution in [3.8, 4) is 0 Å². The smallest absolute Gasteiger partial charge is 0.142 e. The Kier molecular flexibility index (Phi) is 2.10. The maximum atomic E-state index is 12.5. The molecule has 2 N–H and O–H groups in total.